The van der Waals surface area contributed by atoms with Crippen LogP contribution in [0.1, 0.15) is 52.9 Å². The lowest BCUT2D eigenvalue weighted by Crippen LogP contribution is -2.36. The van der Waals surface area contributed by atoms with Gasteiger partial charge < -0.3 is 10.4 Å². The van der Waals surface area contributed by atoms with Gasteiger partial charge in [0.1, 0.15) is 0 Å². The average molecular weight is 213 g/mol. The molecule has 0 bridgehead atoms. The van der Waals surface area contributed by atoms with Crippen molar-refractivity contribution in [3.8, 4) is 0 Å². The molecule has 4 atom stereocenters. The molecule has 1 aliphatic carbocycles. The van der Waals surface area contributed by atoms with E-state index in [1.807, 2.05) is 6.92 Å². The molecule has 2 nitrogen and oxygen atoms in total. The third-order valence-corrected chi connectivity index (χ3v) is 3.83. The molecule has 0 aliphatic heterocycles. The van der Waals surface area contributed by atoms with E-state index in [0.717, 1.165) is 37.3 Å². The highest BCUT2D eigenvalue weighted by molar-refractivity contribution is 4.79. The normalized spacial score (nSPS) is 34.0. The smallest absolute Gasteiger partial charge is 0.0512 e. The molecule has 2 heteroatoms. The van der Waals surface area contributed by atoms with Gasteiger partial charge in [0.15, 0.2) is 0 Å². The minimum atomic E-state index is -0.142. The van der Waals surface area contributed by atoms with Crippen LogP contribution in [0, 0.1) is 11.8 Å². The molecule has 0 radical (unpaired) electrons. The van der Waals surface area contributed by atoms with E-state index in [1.54, 1.807) is 0 Å². The van der Waals surface area contributed by atoms with Crippen molar-refractivity contribution in [3.05, 3.63) is 0 Å². The Labute approximate surface area is 94.5 Å². The summed E-state index contributed by atoms with van der Waals surface area (Å²) in [7, 11) is 0. The fourth-order valence-electron chi connectivity index (χ4n) is 2.44. The van der Waals surface area contributed by atoms with E-state index in [2.05, 4.69) is 19.2 Å². The Morgan fingerprint density at radius 2 is 2.00 bits per heavy atom. The molecule has 0 heterocycles. The molecule has 0 saturated heterocycles. The summed E-state index contributed by atoms with van der Waals surface area (Å²) in [5, 5.41) is 12.8. The van der Waals surface area contributed by atoms with Crippen LogP contribution in [0.3, 0.4) is 0 Å². The van der Waals surface area contributed by atoms with E-state index in [4.69, 9.17) is 5.11 Å². The van der Waals surface area contributed by atoms with Crippen molar-refractivity contribution in [1.29, 1.82) is 0 Å². The quantitative estimate of drug-likeness (QED) is 0.688. The molecule has 0 amide bonds. The summed E-state index contributed by atoms with van der Waals surface area (Å²) >= 11 is 0. The molecule has 0 spiro atoms. The molecule has 1 aliphatic rings. The van der Waals surface area contributed by atoms with Gasteiger partial charge in [0.2, 0.25) is 0 Å². The van der Waals surface area contributed by atoms with Crippen LogP contribution < -0.4 is 5.32 Å². The lowest BCUT2D eigenvalue weighted by Gasteiger charge is -2.32. The van der Waals surface area contributed by atoms with Crippen LogP contribution in [-0.2, 0) is 0 Å². The second-order valence-corrected chi connectivity index (χ2v) is 5.41. The topological polar surface area (TPSA) is 32.3 Å². The van der Waals surface area contributed by atoms with Crippen molar-refractivity contribution < 1.29 is 5.11 Å². The number of rotatable bonds is 5. The SMILES string of the molecule is CC(O)CCCNC1CCC(C)C(C)C1. The third-order valence-electron chi connectivity index (χ3n) is 3.83. The molecule has 0 aromatic heterocycles. The van der Waals surface area contributed by atoms with Crippen molar-refractivity contribution in [3.63, 3.8) is 0 Å². The maximum Gasteiger partial charge on any atom is 0.0512 e. The Morgan fingerprint density at radius 1 is 1.27 bits per heavy atom. The van der Waals surface area contributed by atoms with Gasteiger partial charge >= 0.3 is 0 Å². The summed E-state index contributed by atoms with van der Waals surface area (Å²) in [6.45, 7) is 7.67. The first-order valence-corrected chi connectivity index (χ1v) is 6.51. The Morgan fingerprint density at radius 3 is 2.60 bits per heavy atom. The fraction of sp³-hybridized carbons (Fsp3) is 1.00. The van der Waals surface area contributed by atoms with E-state index in [-0.39, 0.29) is 6.10 Å². The van der Waals surface area contributed by atoms with Gasteiger partial charge in [-0.3, -0.25) is 0 Å². The van der Waals surface area contributed by atoms with Gasteiger partial charge in [-0.05, 0) is 57.4 Å². The van der Waals surface area contributed by atoms with Gasteiger partial charge in [0.25, 0.3) is 0 Å². The summed E-state index contributed by atoms with van der Waals surface area (Å²) in [4.78, 5) is 0. The third kappa shape index (κ3) is 4.98. The Hall–Kier alpha value is -0.0800. The van der Waals surface area contributed by atoms with Crippen molar-refractivity contribution in [2.75, 3.05) is 6.54 Å². The van der Waals surface area contributed by atoms with E-state index in [1.165, 1.54) is 19.3 Å². The number of aliphatic hydroxyl groups excluding tert-OH is 1. The van der Waals surface area contributed by atoms with Crippen LogP contribution in [0.5, 0.6) is 0 Å². The van der Waals surface area contributed by atoms with Crippen molar-refractivity contribution >= 4 is 0 Å². The van der Waals surface area contributed by atoms with Crippen molar-refractivity contribution in [2.24, 2.45) is 11.8 Å². The molecule has 90 valence electrons. The molecule has 1 fully saturated rings. The number of nitrogens with one attached hydrogen (secondary N) is 1. The van der Waals surface area contributed by atoms with Crippen molar-refractivity contribution in [1.82, 2.24) is 5.32 Å². The monoisotopic (exact) mass is 213 g/mol. The Bertz CT molecular complexity index is 170. The molecule has 0 aromatic rings. The van der Waals surface area contributed by atoms with Gasteiger partial charge in [-0.1, -0.05) is 13.8 Å². The van der Waals surface area contributed by atoms with Crippen LogP contribution in [-0.4, -0.2) is 23.8 Å². The van der Waals surface area contributed by atoms with Gasteiger partial charge in [0.05, 0.1) is 6.10 Å². The largest absolute Gasteiger partial charge is 0.393 e. The molecule has 1 saturated carbocycles. The Kier molecular flexibility index (Phi) is 5.62. The van der Waals surface area contributed by atoms with Crippen LogP contribution in [0.25, 0.3) is 0 Å². The fourth-order valence-corrected chi connectivity index (χ4v) is 2.44. The summed E-state index contributed by atoms with van der Waals surface area (Å²) in [5.74, 6) is 1.77. The van der Waals surface area contributed by atoms with Gasteiger partial charge in [-0.15, -0.1) is 0 Å². The molecular formula is C13H27NO. The van der Waals surface area contributed by atoms with Gasteiger partial charge in [-0.2, -0.15) is 0 Å². The molecule has 15 heavy (non-hydrogen) atoms. The molecular weight excluding hydrogens is 186 g/mol. The first-order chi connectivity index (χ1) is 7.09. The lowest BCUT2D eigenvalue weighted by atomic mass is 9.79. The second-order valence-electron chi connectivity index (χ2n) is 5.41. The van der Waals surface area contributed by atoms with Gasteiger partial charge in [0, 0.05) is 6.04 Å². The van der Waals surface area contributed by atoms with Crippen LogP contribution in [0.4, 0.5) is 0 Å². The lowest BCUT2D eigenvalue weighted by molar-refractivity contribution is 0.178. The first kappa shape index (κ1) is 13.0. The maximum absolute atomic E-state index is 9.14. The summed E-state index contributed by atoms with van der Waals surface area (Å²) in [6.07, 6.45) is 5.91. The predicted molar refractivity (Wildman–Crippen MR) is 64.9 cm³/mol. The molecule has 2 N–H and O–H groups in total. The van der Waals surface area contributed by atoms with E-state index in [9.17, 15) is 0 Å². The molecule has 4 unspecified atom stereocenters. The molecule has 1 rings (SSSR count). The van der Waals surface area contributed by atoms with E-state index < -0.39 is 0 Å². The highest BCUT2D eigenvalue weighted by atomic mass is 16.3. The summed E-state index contributed by atoms with van der Waals surface area (Å²) in [5.41, 5.74) is 0. The van der Waals surface area contributed by atoms with Crippen LogP contribution in [0.15, 0.2) is 0 Å². The highest BCUT2D eigenvalue weighted by Crippen LogP contribution is 2.29. The number of hydrogen-bond acceptors (Lipinski definition) is 2. The zero-order chi connectivity index (χ0) is 11.3. The summed E-state index contributed by atoms with van der Waals surface area (Å²) in [6, 6.07) is 0.727. The molecule has 0 aromatic carbocycles. The minimum Gasteiger partial charge on any atom is -0.393 e. The average Bonchev–Trinajstić information content (AvgIpc) is 2.18. The minimum absolute atomic E-state index is 0.142. The first-order valence-electron chi connectivity index (χ1n) is 6.51. The summed E-state index contributed by atoms with van der Waals surface area (Å²) < 4.78 is 0. The zero-order valence-electron chi connectivity index (χ0n) is 10.5. The maximum atomic E-state index is 9.14. The second kappa shape index (κ2) is 6.49. The van der Waals surface area contributed by atoms with Gasteiger partial charge in [-0.25, -0.2) is 0 Å². The number of hydrogen-bond donors (Lipinski definition) is 2. The zero-order valence-corrected chi connectivity index (χ0v) is 10.5. The van der Waals surface area contributed by atoms with Crippen molar-refractivity contribution in [2.45, 2.75) is 65.0 Å². The predicted octanol–water partition coefficient (Wildman–Crippen LogP) is 2.56. The highest BCUT2D eigenvalue weighted by Gasteiger charge is 2.23. The Balaban J connectivity index is 2.07. The van der Waals surface area contributed by atoms with Crippen LogP contribution >= 0.6 is 0 Å². The van der Waals surface area contributed by atoms with E-state index in [0.29, 0.717) is 0 Å². The van der Waals surface area contributed by atoms with E-state index >= 15 is 0 Å². The number of aliphatic hydroxyl groups is 1. The standard InChI is InChI=1S/C13H27NO/c1-10-6-7-13(9-11(10)2)14-8-4-5-12(3)15/h10-15H,4-9H2,1-3H3. The van der Waals surface area contributed by atoms with Crippen LogP contribution in [0.2, 0.25) is 0 Å².